The highest BCUT2D eigenvalue weighted by atomic mass is 19.1. The third kappa shape index (κ3) is 2.98. The molecule has 1 rings (SSSR count). The van der Waals surface area contributed by atoms with Gasteiger partial charge in [0.1, 0.15) is 17.0 Å². The van der Waals surface area contributed by atoms with E-state index in [0.717, 1.165) is 12.1 Å². The lowest BCUT2D eigenvalue weighted by Crippen LogP contribution is -2.44. The van der Waals surface area contributed by atoms with E-state index >= 15 is 0 Å². The minimum atomic E-state index is -1.28. The molecule has 0 saturated heterocycles. The van der Waals surface area contributed by atoms with Crippen molar-refractivity contribution in [2.75, 3.05) is 5.32 Å². The lowest BCUT2D eigenvalue weighted by atomic mass is 9.85. The fourth-order valence-corrected chi connectivity index (χ4v) is 1.42. The summed E-state index contributed by atoms with van der Waals surface area (Å²) < 4.78 is 26.2. The first-order valence-corrected chi connectivity index (χ1v) is 5.59. The standard InChI is InChI=1S/C12H15F2N3O2/c1-3-12(2,10(15)17-19)11(18)16-9-5-4-7(13)6-8(9)14/h4-6,19H,3H2,1-2H3,(H2,15,17)(H,16,18). The van der Waals surface area contributed by atoms with E-state index in [1.165, 1.54) is 6.92 Å². The molecule has 4 N–H and O–H groups in total. The third-order valence-electron chi connectivity index (χ3n) is 3.06. The van der Waals surface area contributed by atoms with Crippen molar-refractivity contribution in [1.29, 1.82) is 0 Å². The van der Waals surface area contributed by atoms with E-state index in [2.05, 4.69) is 10.5 Å². The molecule has 0 saturated carbocycles. The molecule has 0 heterocycles. The number of amides is 1. The largest absolute Gasteiger partial charge is 0.409 e. The number of hydrogen-bond acceptors (Lipinski definition) is 3. The molecule has 0 aliphatic heterocycles. The lowest BCUT2D eigenvalue weighted by molar-refractivity contribution is -0.121. The summed E-state index contributed by atoms with van der Waals surface area (Å²) in [7, 11) is 0. The summed E-state index contributed by atoms with van der Waals surface area (Å²) in [6.45, 7) is 3.12. The maximum absolute atomic E-state index is 13.4. The number of halogens is 2. The maximum Gasteiger partial charge on any atom is 0.238 e. The number of hydrogen-bond donors (Lipinski definition) is 3. The summed E-state index contributed by atoms with van der Waals surface area (Å²) in [5.74, 6) is -2.57. The molecule has 0 spiro atoms. The molecule has 0 bridgehead atoms. The van der Waals surface area contributed by atoms with Gasteiger partial charge < -0.3 is 16.3 Å². The number of nitrogens with one attached hydrogen (secondary N) is 1. The van der Waals surface area contributed by atoms with Crippen LogP contribution < -0.4 is 11.1 Å². The molecule has 1 atom stereocenters. The predicted octanol–water partition coefficient (Wildman–Crippen LogP) is 2.07. The van der Waals surface area contributed by atoms with Crippen LogP contribution in [0.1, 0.15) is 20.3 Å². The number of anilines is 1. The van der Waals surface area contributed by atoms with Crippen molar-refractivity contribution < 1.29 is 18.8 Å². The molecule has 0 aliphatic carbocycles. The number of amidine groups is 1. The van der Waals surface area contributed by atoms with Crippen LogP contribution in [-0.4, -0.2) is 17.0 Å². The van der Waals surface area contributed by atoms with E-state index < -0.39 is 23.0 Å². The van der Waals surface area contributed by atoms with Gasteiger partial charge >= 0.3 is 0 Å². The zero-order chi connectivity index (χ0) is 14.6. The summed E-state index contributed by atoms with van der Waals surface area (Å²) in [6.07, 6.45) is 0.248. The van der Waals surface area contributed by atoms with E-state index in [9.17, 15) is 13.6 Å². The van der Waals surface area contributed by atoms with Crippen LogP contribution in [0.4, 0.5) is 14.5 Å². The van der Waals surface area contributed by atoms with Crippen molar-refractivity contribution in [3.8, 4) is 0 Å². The number of carbonyl (C=O) groups excluding carboxylic acids is 1. The van der Waals surface area contributed by atoms with E-state index in [0.29, 0.717) is 6.07 Å². The molecule has 0 fully saturated rings. The second kappa shape index (κ2) is 5.64. The zero-order valence-electron chi connectivity index (χ0n) is 10.6. The molecule has 19 heavy (non-hydrogen) atoms. The smallest absolute Gasteiger partial charge is 0.238 e. The fourth-order valence-electron chi connectivity index (χ4n) is 1.42. The van der Waals surface area contributed by atoms with Gasteiger partial charge in [-0.2, -0.15) is 0 Å². The number of carbonyl (C=O) groups is 1. The molecule has 104 valence electrons. The first-order valence-electron chi connectivity index (χ1n) is 5.59. The Morgan fingerprint density at radius 1 is 1.53 bits per heavy atom. The van der Waals surface area contributed by atoms with Crippen molar-refractivity contribution in [1.82, 2.24) is 0 Å². The van der Waals surface area contributed by atoms with Crippen LogP contribution in [0.2, 0.25) is 0 Å². The Balaban J connectivity index is 3.01. The highest BCUT2D eigenvalue weighted by Gasteiger charge is 2.36. The fraction of sp³-hybridized carbons (Fsp3) is 0.333. The second-order valence-electron chi connectivity index (χ2n) is 4.25. The van der Waals surface area contributed by atoms with Gasteiger partial charge in [-0.1, -0.05) is 12.1 Å². The Hall–Kier alpha value is -2.18. The average molecular weight is 271 g/mol. The summed E-state index contributed by atoms with van der Waals surface area (Å²) in [5.41, 5.74) is 4.01. The molecular weight excluding hydrogens is 256 g/mol. The van der Waals surface area contributed by atoms with Crippen molar-refractivity contribution in [3.05, 3.63) is 29.8 Å². The number of nitrogens with zero attached hydrogens (tertiary/aromatic N) is 1. The lowest BCUT2D eigenvalue weighted by Gasteiger charge is -2.25. The molecule has 1 aromatic carbocycles. The van der Waals surface area contributed by atoms with Crippen LogP contribution in [0.3, 0.4) is 0 Å². The van der Waals surface area contributed by atoms with E-state index in [1.807, 2.05) is 0 Å². The van der Waals surface area contributed by atoms with Crippen LogP contribution >= 0.6 is 0 Å². The van der Waals surface area contributed by atoms with Crippen molar-refractivity contribution in [2.24, 2.45) is 16.3 Å². The molecule has 7 heteroatoms. The molecule has 0 aliphatic rings. The Bertz CT molecular complexity index is 520. The molecule has 1 aromatic rings. The second-order valence-corrected chi connectivity index (χ2v) is 4.25. The van der Waals surface area contributed by atoms with Crippen LogP contribution in [0.15, 0.2) is 23.4 Å². The SMILES string of the molecule is CCC(C)(C(=O)Nc1ccc(F)cc1F)/C(N)=N/O. The molecule has 5 nitrogen and oxygen atoms in total. The van der Waals surface area contributed by atoms with Gasteiger partial charge in [0.05, 0.1) is 5.69 Å². The maximum atomic E-state index is 13.4. The monoisotopic (exact) mass is 271 g/mol. The van der Waals surface area contributed by atoms with Gasteiger partial charge in [0.2, 0.25) is 5.91 Å². The number of nitrogens with two attached hydrogens (primary N) is 1. The van der Waals surface area contributed by atoms with Gasteiger partial charge in [0.25, 0.3) is 0 Å². The molecule has 1 amide bonds. The van der Waals surface area contributed by atoms with E-state index in [-0.39, 0.29) is 17.9 Å². The molecule has 1 unspecified atom stereocenters. The highest BCUT2D eigenvalue weighted by molar-refractivity contribution is 6.11. The van der Waals surface area contributed by atoms with Crippen molar-refractivity contribution >= 4 is 17.4 Å². The Morgan fingerprint density at radius 3 is 2.63 bits per heavy atom. The molecular formula is C12H15F2N3O2. The Labute approximate surface area is 109 Å². The Morgan fingerprint density at radius 2 is 2.16 bits per heavy atom. The summed E-state index contributed by atoms with van der Waals surface area (Å²) in [5, 5.41) is 13.8. The third-order valence-corrected chi connectivity index (χ3v) is 3.06. The minimum Gasteiger partial charge on any atom is -0.409 e. The van der Waals surface area contributed by atoms with Crippen molar-refractivity contribution in [3.63, 3.8) is 0 Å². The normalized spacial score (nSPS) is 14.8. The first kappa shape index (κ1) is 14.9. The Kier molecular flexibility index (Phi) is 4.42. The van der Waals surface area contributed by atoms with Crippen LogP contribution in [0.5, 0.6) is 0 Å². The van der Waals surface area contributed by atoms with Gasteiger partial charge in [-0.3, -0.25) is 4.79 Å². The summed E-state index contributed by atoms with van der Waals surface area (Å²) >= 11 is 0. The molecule has 0 radical (unpaired) electrons. The van der Waals surface area contributed by atoms with Gasteiger partial charge in [-0.15, -0.1) is 0 Å². The number of rotatable bonds is 4. The zero-order valence-corrected chi connectivity index (χ0v) is 10.6. The predicted molar refractivity (Wildman–Crippen MR) is 66.8 cm³/mol. The van der Waals surface area contributed by atoms with Gasteiger partial charge in [-0.25, -0.2) is 8.78 Å². The van der Waals surface area contributed by atoms with Crippen molar-refractivity contribution in [2.45, 2.75) is 20.3 Å². The van der Waals surface area contributed by atoms with E-state index in [4.69, 9.17) is 10.9 Å². The average Bonchev–Trinajstić information content (AvgIpc) is 2.39. The van der Waals surface area contributed by atoms with Crippen LogP contribution in [-0.2, 0) is 4.79 Å². The number of oxime groups is 1. The quantitative estimate of drug-likeness (QED) is 0.339. The van der Waals surface area contributed by atoms with Gasteiger partial charge in [-0.05, 0) is 25.5 Å². The topological polar surface area (TPSA) is 87.7 Å². The van der Waals surface area contributed by atoms with Gasteiger partial charge in [0, 0.05) is 6.07 Å². The van der Waals surface area contributed by atoms with Gasteiger partial charge in [0.15, 0.2) is 5.84 Å². The molecule has 0 aromatic heterocycles. The van der Waals surface area contributed by atoms with Crippen LogP contribution in [0.25, 0.3) is 0 Å². The van der Waals surface area contributed by atoms with Crippen LogP contribution in [0, 0.1) is 17.0 Å². The highest BCUT2D eigenvalue weighted by Crippen LogP contribution is 2.25. The minimum absolute atomic E-state index is 0.170. The number of benzene rings is 1. The first-order chi connectivity index (χ1) is 8.85. The van der Waals surface area contributed by atoms with E-state index in [1.54, 1.807) is 6.92 Å². The summed E-state index contributed by atoms with van der Waals surface area (Å²) in [4.78, 5) is 12.1. The summed E-state index contributed by atoms with van der Waals surface area (Å²) in [6, 6.07) is 2.78.